The van der Waals surface area contributed by atoms with Crippen molar-refractivity contribution in [3.05, 3.63) is 188 Å². The highest BCUT2D eigenvalue weighted by atomic mass is 15.2. The van der Waals surface area contributed by atoms with Gasteiger partial charge in [-0.05, 0) is 71.5 Å². The van der Waals surface area contributed by atoms with Gasteiger partial charge in [0, 0.05) is 40.0 Å². The third kappa shape index (κ3) is 5.47. The van der Waals surface area contributed by atoms with Crippen LogP contribution in [0.3, 0.4) is 0 Å². The van der Waals surface area contributed by atoms with Gasteiger partial charge < -0.3 is 4.57 Å². The van der Waals surface area contributed by atoms with E-state index in [9.17, 15) is 0 Å². The summed E-state index contributed by atoms with van der Waals surface area (Å²) in [6.45, 7) is 8.59. The predicted molar refractivity (Wildman–Crippen MR) is 213 cm³/mol. The summed E-state index contributed by atoms with van der Waals surface area (Å²) in [4.78, 5) is 20.4. The molecule has 4 heterocycles. The lowest BCUT2D eigenvalue weighted by molar-refractivity contribution is 0.914. The second-order valence-corrected chi connectivity index (χ2v) is 12.8. The molecule has 0 atom stereocenters. The van der Waals surface area contributed by atoms with E-state index in [-0.39, 0.29) is 0 Å². The van der Waals surface area contributed by atoms with E-state index in [2.05, 4.69) is 109 Å². The average Bonchev–Trinajstić information content (AvgIpc) is 3.80. The molecule has 248 valence electrons. The Balaban J connectivity index is 1.30. The Morgan fingerprint density at radius 3 is 2.31 bits per heavy atom. The first-order chi connectivity index (χ1) is 25.7. The molecule has 0 saturated carbocycles. The maximum atomic E-state index is 5.18. The molecule has 6 heteroatoms. The van der Waals surface area contributed by atoms with Crippen LogP contribution in [0.15, 0.2) is 182 Å². The van der Waals surface area contributed by atoms with Gasteiger partial charge in [0.05, 0.1) is 22.1 Å². The Morgan fingerprint density at radius 2 is 1.50 bits per heavy atom. The topological polar surface area (TPSA) is 61.4 Å². The number of nitrogens with zero attached hydrogens (tertiary/aromatic N) is 6. The highest BCUT2D eigenvalue weighted by Gasteiger charge is 2.21. The molecule has 0 bridgehead atoms. The van der Waals surface area contributed by atoms with Crippen LogP contribution >= 0.6 is 0 Å². The number of fused-ring (bicyclic) bond motifs is 5. The molecule has 6 nitrogen and oxygen atoms in total. The summed E-state index contributed by atoms with van der Waals surface area (Å²) >= 11 is 0. The average molecular weight is 671 g/mol. The quantitative estimate of drug-likeness (QED) is 0.151. The molecule has 0 fully saturated rings. The van der Waals surface area contributed by atoms with Gasteiger partial charge in [-0.15, -0.1) is 0 Å². The zero-order valence-corrected chi connectivity index (χ0v) is 28.5. The lowest BCUT2D eigenvalue weighted by Crippen LogP contribution is -2.08. The summed E-state index contributed by atoms with van der Waals surface area (Å²) in [7, 11) is 0. The van der Waals surface area contributed by atoms with Crippen LogP contribution < -0.4 is 0 Å². The highest BCUT2D eigenvalue weighted by Crippen LogP contribution is 2.37. The maximum absolute atomic E-state index is 5.18. The molecule has 4 aromatic heterocycles. The summed E-state index contributed by atoms with van der Waals surface area (Å²) in [5.41, 5.74) is 10.9. The molecular weight excluding hydrogens is 637 g/mol. The molecule has 0 N–H and O–H groups in total. The van der Waals surface area contributed by atoms with Gasteiger partial charge in [0.2, 0.25) is 5.95 Å². The van der Waals surface area contributed by atoms with E-state index in [4.69, 9.17) is 19.9 Å². The molecule has 0 radical (unpaired) electrons. The van der Waals surface area contributed by atoms with Gasteiger partial charge in [-0.25, -0.2) is 4.98 Å². The second-order valence-electron chi connectivity index (χ2n) is 12.8. The summed E-state index contributed by atoms with van der Waals surface area (Å²) in [5, 5.41) is 2.18. The van der Waals surface area contributed by atoms with Crippen molar-refractivity contribution in [1.82, 2.24) is 29.1 Å². The number of para-hydroxylation sites is 2. The molecule has 4 aromatic carbocycles. The molecule has 0 amide bonds. The summed E-state index contributed by atoms with van der Waals surface area (Å²) in [6.07, 6.45) is 16.1. The largest absolute Gasteiger partial charge is 0.307 e. The van der Waals surface area contributed by atoms with Gasteiger partial charge in [0.1, 0.15) is 0 Å². The van der Waals surface area contributed by atoms with Crippen LogP contribution in [0, 0.1) is 0 Å². The fourth-order valence-electron chi connectivity index (χ4n) is 7.10. The van der Waals surface area contributed by atoms with E-state index in [1.54, 1.807) is 6.08 Å². The molecule has 0 saturated heterocycles. The first-order valence-corrected chi connectivity index (χ1v) is 17.4. The van der Waals surface area contributed by atoms with Crippen LogP contribution in [-0.4, -0.2) is 29.1 Å². The maximum Gasteiger partial charge on any atom is 0.238 e. The molecule has 9 rings (SSSR count). The van der Waals surface area contributed by atoms with E-state index < -0.39 is 0 Å². The third-order valence-electron chi connectivity index (χ3n) is 9.65. The van der Waals surface area contributed by atoms with E-state index in [1.807, 2.05) is 65.5 Å². The van der Waals surface area contributed by atoms with E-state index in [0.717, 1.165) is 79.2 Å². The minimum atomic E-state index is 0.484. The number of aromatic nitrogens is 6. The summed E-state index contributed by atoms with van der Waals surface area (Å²) < 4.78 is 4.35. The second kappa shape index (κ2) is 13.1. The van der Waals surface area contributed by atoms with Crippen molar-refractivity contribution in [2.45, 2.75) is 12.8 Å². The van der Waals surface area contributed by atoms with Crippen LogP contribution in [0.25, 0.3) is 72.6 Å². The SMILES string of the molecule is C=C/C(=C\C(=C)C1=CC=CCC1)c1nc(-c2cccc(-c3ccccc3)c2)nc(-n2ccc3ncc4c5ccccc5n(-c5ccccc5)c4c32)n1. The zero-order chi connectivity index (χ0) is 35.0. The zero-order valence-electron chi connectivity index (χ0n) is 28.5. The van der Waals surface area contributed by atoms with Crippen molar-refractivity contribution in [3.63, 3.8) is 0 Å². The van der Waals surface area contributed by atoms with Crippen LogP contribution in [-0.2, 0) is 0 Å². The molecular formula is C46H34N6. The third-order valence-corrected chi connectivity index (χ3v) is 9.65. The highest BCUT2D eigenvalue weighted by molar-refractivity contribution is 6.17. The lowest BCUT2D eigenvalue weighted by Gasteiger charge is -2.13. The first-order valence-electron chi connectivity index (χ1n) is 17.4. The number of rotatable bonds is 8. The van der Waals surface area contributed by atoms with Gasteiger partial charge >= 0.3 is 0 Å². The van der Waals surface area contributed by atoms with Crippen molar-refractivity contribution < 1.29 is 0 Å². The fourth-order valence-corrected chi connectivity index (χ4v) is 7.10. The Labute approximate surface area is 301 Å². The lowest BCUT2D eigenvalue weighted by atomic mass is 9.96. The monoisotopic (exact) mass is 670 g/mol. The molecule has 52 heavy (non-hydrogen) atoms. The fraction of sp³-hybridized carbons (Fsp3) is 0.0435. The predicted octanol–water partition coefficient (Wildman–Crippen LogP) is 11.0. The van der Waals surface area contributed by atoms with E-state index in [1.165, 1.54) is 5.57 Å². The standard InChI is InChI=1S/C46H34N6/c1-3-32(28-31(2)33-16-7-4-8-17-33)44-48-45(36-21-15-20-35(29-36)34-18-9-5-10-19-34)50-46(49-44)51-27-26-40-43(51)42-39(30-47-40)38-24-13-14-25-41(38)52(42)37-22-11-6-12-23-37/h3-7,9-16,18-30H,1-2,8,17H2/b32-28+. The van der Waals surface area contributed by atoms with Gasteiger partial charge in [-0.3, -0.25) is 9.55 Å². The van der Waals surface area contributed by atoms with Gasteiger partial charge in [0.15, 0.2) is 11.6 Å². The molecule has 8 aromatic rings. The van der Waals surface area contributed by atoms with Gasteiger partial charge in [0.25, 0.3) is 0 Å². The normalized spacial score (nSPS) is 13.2. The summed E-state index contributed by atoms with van der Waals surface area (Å²) in [6, 6.07) is 39.6. The van der Waals surface area contributed by atoms with E-state index >= 15 is 0 Å². The van der Waals surface area contributed by atoms with Gasteiger partial charge in [-0.2, -0.15) is 9.97 Å². The van der Waals surface area contributed by atoms with Crippen LogP contribution in [0.2, 0.25) is 0 Å². The van der Waals surface area contributed by atoms with Crippen molar-refractivity contribution in [2.75, 3.05) is 0 Å². The van der Waals surface area contributed by atoms with Crippen molar-refractivity contribution in [2.24, 2.45) is 0 Å². The summed E-state index contributed by atoms with van der Waals surface area (Å²) in [5.74, 6) is 1.55. The molecule has 1 aliphatic carbocycles. The molecule has 0 unspecified atom stereocenters. The molecule has 0 aliphatic heterocycles. The Hall–Kier alpha value is -6.92. The molecule has 0 spiro atoms. The minimum absolute atomic E-state index is 0.484. The Bertz CT molecular complexity index is 2760. The Morgan fingerprint density at radius 1 is 0.731 bits per heavy atom. The van der Waals surface area contributed by atoms with Crippen LogP contribution in [0.1, 0.15) is 18.7 Å². The van der Waals surface area contributed by atoms with Crippen LogP contribution in [0.4, 0.5) is 0 Å². The first kappa shape index (κ1) is 31.1. The number of hydrogen-bond donors (Lipinski definition) is 0. The number of hydrogen-bond acceptors (Lipinski definition) is 4. The number of benzene rings is 4. The van der Waals surface area contributed by atoms with Crippen LogP contribution in [0.5, 0.6) is 0 Å². The van der Waals surface area contributed by atoms with Crippen molar-refractivity contribution in [1.29, 1.82) is 0 Å². The number of allylic oxidation sites excluding steroid dienone is 8. The van der Waals surface area contributed by atoms with Gasteiger partial charge in [-0.1, -0.05) is 122 Å². The molecule has 1 aliphatic rings. The minimum Gasteiger partial charge on any atom is -0.307 e. The number of pyridine rings is 1. The van der Waals surface area contributed by atoms with E-state index in [0.29, 0.717) is 17.6 Å². The van der Waals surface area contributed by atoms with Crippen molar-refractivity contribution >= 4 is 38.4 Å². The van der Waals surface area contributed by atoms with Crippen molar-refractivity contribution in [3.8, 4) is 34.2 Å². The Kier molecular flexibility index (Phi) is 7.82. The smallest absolute Gasteiger partial charge is 0.238 e.